The maximum absolute atomic E-state index is 12.6. The van der Waals surface area contributed by atoms with Crippen LogP contribution in [0.3, 0.4) is 0 Å². The van der Waals surface area contributed by atoms with E-state index in [2.05, 4.69) is 4.98 Å². The molecule has 1 aliphatic heterocycles. The zero-order valence-electron chi connectivity index (χ0n) is 10.6. The molecule has 1 fully saturated rings. The van der Waals surface area contributed by atoms with E-state index in [4.69, 9.17) is 21.1 Å². The standard InChI is InChI=1S/C13H10ClF3N2O2/c14-9-6-8(13(15,16)17)7-18-11(9)19-3-1-2-10(19)12-20-4-5-21-12/h1-3,6-7,12H,4-5H2. The Kier molecular flexibility index (Phi) is 3.64. The molecular formula is C13H10ClF3N2O2. The maximum Gasteiger partial charge on any atom is 0.417 e. The number of hydrogen-bond acceptors (Lipinski definition) is 3. The van der Waals surface area contributed by atoms with E-state index < -0.39 is 18.0 Å². The van der Waals surface area contributed by atoms with E-state index in [0.29, 0.717) is 18.9 Å². The molecule has 3 rings (SSSR count). The monoisotopic (exact) mass is 318 g/mol. The summed E-state index contributed by atoms with van der Waals surface area (Å²) in [7, 11) is 0. The number of rotatable bonds is 2. The van der Waals surface area contributed by atoms with Crippen molar-refractivity contribution >= 4 is 11.6 Å². The number of aromatic nitrogens is 2. The number of ether oxygens (including phenoxy) is 2. The Morgan fingerprint density at radius 1 is 1.29 bits per heavy atom. The molecule has 1 aliphatic rings. The van der Waals surface area contributed by atoms with E-state index in [9.17, 15) is 13.2 Å². The van der Waals surface area contributed by atoms with E-state index >= 15 is 0 Å². The number of hydrogen-bond donors (Lipinski definition) is 0. The van der Waals surface area contributed by atoms with Crippen LogP contribution in [-0.4, -0.2) is 22.8 Å². The van der Waals surface area contributed by atoms with Crippen molar-refractivity contribution < 1.29 is 22.6 Å². The number of halogens is 4. The van der Waals surface area contributed by atoms with Crippen LogP contribution in [-0.2, 0) is 15.7 Å². The van der Waals surface area contributed by atoms with Gasteiger partial charge in [-0.1, -0.05) is 11.6 Å². The van der Waals surface area contributed by atoms with E-state index in [0.717, 1.165) is 12.3 Å². The van der Waals surface area contributed by atoms with Crippen molar-refractivity contribution in [2.24, 2.45) is 0 Å². The summed E-state index contributed by atoms with van der Waals surface area (Å²) < 4.78 is 50.2. The molecule has 1 saturated heterocycles. The van der Waals surface area contributed by atoms with Gasteiger partial charge in [-0.25, -0.2) is 4.98 Å². The molecule has 3 heterocycles. The zero-order valence-corrected chi connectivity index (χ0v) is 11.4. The highest BCUT2D eigenvalue weighted by atomic mass is 35.5. The van der Waals surface area contributed by atoms with Crippen molar-refractivity contribution in [2.45, 2.75) is 12.5 Å². The second-order valence-corrected chi connectivity index (χ2v) is 4.81. The summed E-state index contributed by atoms with van der Waals surface area (Å²) in [6.45, 7) is 0.925. The number of alkyl halides is 3. The van der Waals surface area contributed by atoms with Crippen LogP contribution in [0, 0.1) is 0 Å². The first-order valence-electron chi connectivity index (χ1n) is 6.10. The molecule has 2 aromatic rings. The van der Waals surface area contributed by atoms with Gasteiger partial charge in [-0.3, -0.25) is 4.57 Å². The number of nitrogens with zero attached hydrogens (tertiary/aromatic N) is 2. The third-order valence-corrected chi connectivity index (χ3v) is 3.30. The molecule has 0 radical (unpaired) electrons. The summed E-state index contributed by atoms with van der Waals surface area (Å²) in [4.78, 5) is 3.82. The van der Waals surface area contributed by atoms with E-state index in [-0.39, 0.29) is 10.8 Å². The van der Waals surface area contributed by atoms with Crippen molar-refractivity contribution in [3.8, 4) is 5.82 Å². The van der Waals surface area contributed by atoms with Gasteiger partial charge in [0.1, 0.15) is 0 Å². The highest BCUT2D eigenvalue weighted by Crippen LogP contribution is 2.33. The number of pyridine rings is 1. The molecule has 0 aromatic carbocycles. The van der Waals surface area contributed by atoms with Gasteiger partial charge in [-0.2, -0.15) is 13.2 Å². The lowest BCUT2D eigenvalue weighted by molar-refractivity contribution is -0.137. The largest absolute Gasteiger partial charge is 0.417 e. The third-order valence-electron chi connectivity index (χ3n) is 3.02. The maximum atomic E-state index is 12.6. The molecule has 0 unspecified atom stereocenters. The lowest BCUT2D eigenvalue weighted by atomic mass is 10.2. The topological polar surface area (TPSA) is 36.3 Å². The fourth-order valence-corrected chi connectivity index (χ4v) is 2.33. The summed E-state index contributed by atoms with van der Waals surface area (Å²) in [6, 6.07) is 4.31. The van der Waals surface area contributed by atoms with Gasteiger partial charge >= 0.3 is 6.18 Å². The molecule has 0 spiro atoms. The summed E-state index contributed by atoms with van der Waals surface area (Å²) in [6.07, 6.45) is -2.66. The zero-order chi connectivity index (χ0) is 15.0. The molecule has 4 nitrogen and oxygen atoms in total. The molecule has 0 amide bonds. The Bertz CT molecular complexity index is 651. The predicted octanol–water partition coefficient (Wildman–Crippen LogP) is 3.59. The highest BCUT2D eigenvalue weighted by molar-refractivity contribution is 6.32. The Labute approximate surface area is 123 Å². The van der Waals surface area contributed by atoms with Crippen LogP contribution < -0.4 is 0 Å². The average molecular weight is 319 g/mol. The van der Waals surface area contributed by atoms with Gasteiger partial charge in [0.25, 0.3) is 0 Å². The van der Waals surface area contributed by atoms with Crippen LogP contribution in [0.15, 0.2) is 30.6 Å². The summed E-state index contributed by atoms with van der Waals surface area (Å²) in [5, 5.41) is -0.0970. The molecule has 2 aromatic heterocycles. The van der Waals surface area contributed by atoms with Crippen LogP contribution in [0.25, 0.3) is 5.82 Å². The van der Waals surface area contributed by atoms with Crippen molar-refractivity contribution in [1.29, 1.82) is 0 Å². The Morgan fingerprint density at radius 3 is 2.62 bits per heavy atom. The minimum Gasteiger partial charge on any atom is -0.345 e. The predicted molar refractivity (Wildman–Crippen MR) is 68.2 cm³/mol. The second-order valence-electron chi connectivity index (χ2n) is 4.40. The lowest BCUT2D eigenvalue weighted by Gasteiger charge is -2.15. The second kappa shape index (κ2) is 5.32. The van der Waals surface area contributed by atoms with Gasteiger partial charge in [0.05, 0.1) is 29.5 Å². The Hall–Kier alpha value is -1.57. The van der Waals surface area contributed by atoms with Crippen LogP contribution >= 0.6 is 11.6 Å². The van der Waals surface area contributed by atoms with Gasteiger partial charge in [0.2, 0.25) is 0 Å². The van der Waals surface area contributed by atoms with Crippen LogP contribution in [0.5, 0.6) is 0 Å². The van der Waals surface area contributed by atoms with Gasteiger partial charge in [0.15, 0.2) is 12.1 Å². The molecular weight excluding hydrogens is 309 g/mol. The summed E-state index contributed by atoms with van der Waals surface area (Å²) in [5.74, 6) is 0.198. The minimum atomic E-state index is -4.48. The minimum absolute atomic E-state index is 0.0970. The Morgan fingerprint density at radius 2 is 2.00 bits per heavy atom. The molecule has 21 heavy (non-hydrogen) atoms. The van der Waals surface area contributed by atoms with E-state index in [1.54, 1.807) is 22.9 Å². The Balaban J connectivity index is 2.00. The van der Waals surface area contributed by atoms with Crippen LogP contribution in [0.2, 0.25) is 5.02 Å². The molecule has 0 bridgehead atoms. The van der Waals surface area contributed by atoms with Gasteiger partial charge < -0.3 is 9.47 Å². The lowest BCUT2D eigenvalue weighted by Crippen LogP contribution is -2.10. The molecule has 8 heteroatoms. The quantitative estimate of drug-likeness (QED) is 0.849. The van der Waals surface area contributed by atoms with Gasteiger partial charge in [-0.15, -0.1) is 0 Å². The van der Waals surface area contributed by atoms with Gasteiger partial charge in [-0.05, 0) is 18.2 Å². The van der Waals surface area contributed by atoms with Gasteiger partial charge in [0, 0.05) is 12.4 Å². The highest BCUT2D eigenvalue weighted by Gasteiger charge is 2.32. The molecule has 0 atom stereocenters. The van der Waals surface area contributed by atoms with E-state index in [1.807, 2.05) is 0 Å². The average Bonchev–Trinajstić information content (AvgIpc) is 3.08. The SMILES string of the molecule is FC(F)(F)c1cnc(-n2cccc2C2OCCO2)c(Cl)c1. The first-order valence-corrected chi connectivity index (χ1v) is 6.48. The third kappa shape index (κ3) is 2.76. The molecule has 0 saturated carbocycles. The summed E-state index contributed by atoms with van der Waals surface area (Å²) in [5.41, 5.74) is -0.264. The molecule has 112 valence electrons. The first kappa shape index (κ1) is 14.4. The first-order chi connectivity index (χ1) is 9.97. The van der Waals surface area contributed by atoms with Crippen molar-refractivity contribution in [1.82, 2.24) is 9.55 Å². The molecule has 0 N–H and O–H groups in total. The molecule has 0 aliphatic carbocycles. The van der Waals surface area contributed by atoms with E-state index in [1.165, 1.54) is 0 Å². The van der Waals surface area contributed by atoms with Crippen LogP contribution in [0.1, 0.15) is 17.5 Å². The van der Waals surface area contributed by atoms with Crippen molar-refractivity contribution in [2.75, 3.05) is 13.2 Å². The fourth-order valence-electron chi connectivity index (χ4n) is 2.07. The van der Waals surface area contributed by atoms with Crippen molar-refractivity contribution in [3.05, 3.63) is 46.9 Å². The van der Waals surface area contributed by atoms with Crippen molar-refractivity contribution in [3.63, 3.8) is 0 Å². The normalized spacial score (nSPS) is 16.6. The van der Waals surface area contributed by atoms with Crippen LogP contribution in [0.4, 0.5) is 13.2 Å². The summed E-state index contributed by atoms with van der Waals surface area (Å²) >= 11 is 5.94. The smallest absolute Gasteiger partial charge is 0.345 e. The fraction of sp³-hybridized carbons (Fsp3) is 0.308.